The number of nitrogens with one attached hydrogen (secondary N) is 1. The molecule has 0 unspecified atom stereocenters. The van der Waals surface area contributed by atoms with Gasteiger partial charge in [0.25, 0.3) is 5.78 Å². The van der Waals surface area contributed by atoms with E-state index in [0.29, 0.717) is 10.9 Å². The van der Waals surface area contributed by atoms with Gasteiger partial charge >= 0.3 is 0 Å². The maximum Gasteiger partial charge on any atom is 0.253 e. The predicted octanol–water partition coefficient (Wildman–Crippen LogP) is 2.46. The van der Waals surface area contributed by atoms with E-state index in [2.05, 4.69) is 37.4 Å². The van der Waals surface area contributed by atoms with Crippen LogP contribution in [0.25, 0.3) is 5.78 Å². The van der Waals surface area contributed by atoms with E-state index in [1.807, 2.05) is 12.1 Å². The summed E-state index contributed by atoms with van der Waals surface area (Å²) >= 11 is 1.29. The molecule has 1 aliphatic heterocycles. The second-order valence-corrected chi connectivity index (χ2v) is 6.78. The van der Waals surface area contributed by atoms with Crippen LogP contribution in [0.1, 0.15) is 12.8 Å². The third-order valence-corrected chi connectivity index (χ3v) is 4.89. The zero-order valence-electron chi connectivity index (χ0n) is 13.6. The summed E-state index contributed by atoms with van der Waals surface area (Å²) in [5.74, 6) is 0.707. The van der Waals surface area contributed by atoms with Crippen molar-refractivity contribution in [3.63, 3.8) is 0 Å². The summed E-state index contributed by atoms with van der Waals surface area (Å²) in [4.78, 5) is 22.9. The summed E-state index contributed by atoms with van der Waals surface area (Å²) in [5.41, 5.74) is 2.02. The van der Waals surface area contributed by atoms with Gasteiger partial charge < -0.3 is 10.2 Å². The van der Waals surface area contributed by atoms with Crippen LogP contribution in [0.4, 0.5) is 11.4 Å². The van der Waals surface area contributed by atoms with E-state index in [4.69, 9.17) is 0 Å². The molecule has 1 aliphatic rings. The minimum atomic E-state index is -0.0780. The summed E-state index contributed by atoms with van der Waals surface area (Å²) < 4.78 is 1.59. The Morgan fingerprint density at radius 3 is 2.76 bits per heavy atom. The molecule has 0 spiro atoms. The lowest BCUT2D eigenvalue weighted by Gasteiger charge is -2.17. The average molecular weight is 354 g/mol. The Morgan fingerprint density at radius 2 is 2.00 bits per heavy atom. The van der Waals surface area contributed by atoms with Gasteiger partial charge in [-0.15, -0.1) is 5.10 Å². The molecule has 0 radical (unpaired) electrons. The van der Waals surface area contributed by atoms with Gasteiger partial charge in [0.1, 0.15) is 0 Å². The predicted molar refractivity (Wildman–Crippen MR) is 98.0 cm³/mol. The fraction of sp³-hybridized carbons (Fsp3) is 0.294. The number of hydrogen-bond donors (Lipinski definition) is 1. The third-order valence-electron chi connectivity index (χ3n) is 4.05. The Hall–Kier alpha value is -2.61. The SMILES string of the molecule is O=C(CSc1nc2ncccn2n1)Nc1ccc(N2CCCC2)cc1. The van der Waals surface area contributed by atoms with Crippen LogP contribution < -0.4 is 10.2 Å². The summed E-state index contributed by atoms with van der Waals surface area (Å²) in [6.07, 6.45) is 5.95. The molecule has 3 aromatic rings. The molecule has 25 heavy (non-hydrogen) atoms. The molecule has 1 amide bonds. The molecule has 4 rings (SSSR count). The average Bonchev–Trinajstić information content (AvgIpc) is 3.30. The second kappa shape index (κ2) is 7.10. The van der Waals surface area contributed by atoms with E-state index in [1.54, 1.807) is 23.0 Å². The van der Waals surface area contributed by atoms with Gasteiger partial charge in [-0.05, 0) is 43.2 Å². The number of carbonyl (C=O) groups excluding carboxylic acids is 1. The number of fused-ring (bicyclic) bond motifs is 1. The van der Waals surface area contributed by atoms with Crippen LogP contribution in [0, 0.1) is 0 Å². The lowest BCUT2D eigenvalue weighted by Crippen LogP contribution is -2.18. The van der Waals surface area contributed by atoms with Crippen LogP contribution in [-0.4, -0.2) is 44.3 Å². The van der Waals surface area contributed by atoms with Crippen molar-refractivity contribution < 1.29 is 4.79 Å². The van der Waals surface area contributed by atoms with Crippen LogP contribution in [0.15, 0.2) is 47.9 Å². The topological polar surface area (TPSA) is 75.4 Å². The van der Waals surface area contributed by atoms with Crippen LogP contribution in [0.5, 0.6) is 0 Å². The molecule has 1 aromatic carbocycles. The molecule has 3 heterocycles. The lowest BCUT2D eigenvalue weighted by atomic mass is 10.2. The molecule has 128 valence electrons. The molecule has 0 saturated carbocycles. The standard InChI is InChI=1S/C17H18N6OS/c24-15(12-25-17-20-16-18-8-3-11-23(16)21-17)19-13-4-6-14(7-5-13)22-9-1-2-10-22/h3-8,11H,1-2,9-10,12H2,(H,19,24). The summed E-state index contributed by atoms with van der Waals surface area (Å²) in [6, 6.07) is 9.80. The number of nitrogens with zero attached hydrogens (tertiary/aromatic N) is 5. The van der Waals surface area contributed by atoms with Gasteiger partial charge in [-0.2, -0.15) is 4.98 Å². The third kappa shape index (κ3) is 3.74. The van der Waals surface area contributed by atoms with Crippen molar-refractivity contribution in [1.29, 1.82) is 0 Å². The number of aromatic nitrogens is 4. The largest absolute Gasteiger partial charge is 0.372 e. The fourth-order valence-corrected chi connectivity index (χ4v) is 3.46. The molecule has 0 aliphatic carbocycles. The minimum absolute atomic E-state index is 0.0780. The smallest absolute Gasteiger partial charge is 0.253 e. The van der Waals surface area contributed by atoms with E-state index < -0.39 is 0 Å². The molecule has 1 saturated heterocycles. The van der Waals surface area contributed by atoms with Crippen molar-refractivity contribution in [2.75, 3.05) is 29.1 Å². The van der Waals surface area contributed by atoms with Gasteiger partial charge in [0.05, 0.1) is 5.75 Å². The van der Waals surface area contributed by atoms with Gasteiger partial charge in [0, 0.05) is 36.9 Å². The summed E-state index contributed by atoms with van der Waals surface area (Å²) in [5, 5.41) is 7.72. The molecular weight excluding hydrogens is 336 g/mol. The highest BCUT2D eigenvalue weighted by molar-refractivity contribution is 7.99. The zero-order valence-corrected chi connectivity index (χ0v) is 14.4. The van der Waals surface area contributed by atoms with Crippen molar-refractivity contribution in [2.24, 2.45) is 0 Å². The van der Waals surface area contributed by atoms with Gasteiger partial charge in [-0.3, -0.25) is 4.79 Å². The first kappa shape index (κ1) is 15.9. The van der Waals surface area contributed by atoms with E-state index >= 15 is 0 Å². The number of amides is 1. The highest BCUT2D eigenvalue weighted by Crippen LogP contribution is 2.22. The lowest BCUT2D eigenvalue weighted by molar-refractivity contribution is -0.113. The molecule has 7 nitrogen and oxygen atoms in total. The van der Waals surface area contributed by atoms with Crippen LogP contribution in [0.2, 0.25) is 0 Å². The number of thioether (sulfide) groups is 1. The van der Waals surface area contributed by atoms with Gasteiger partial charge in [0.15, 0.2) is 0 Å². The Labute approximate surface area is 149 Å². The summed E-state index contributed by atoms with van der Waals surface area (Å²) in [6.45, 7) is 2.23. The van der Waals surface area contributed by atoms with E-state index in [-0.39, 0.29) is 11.7 Å². The van der Waals surface area contributed by atoms with Crippen molar-refractivity contribution in [1.82, 2.24) is 19.6 Å². The molecule has 8 heteroatoms. The highest BCUT2D eigenvalue weighted by Gasteiger charge is 2.12. The van der Waals surface area contributed by atoms with E-state index in [0.717, 1.165) is 18.8 Å². The molecule has 0 bridgehead atoms. The van der Waals surface area contributed by atoms with Gasteiger partial charge in [-0.1, -0.05) is 11.8 Å². The van der Waals surface area contributed by atoms with Crippen LogP contribution in [0.3, 0.4) is 0 Å². The van der Waals surface area contributed by atoms with Crippen LogP contribution in [-0.2, 0) is 4.79 Å². The first-order valence-corrected chi connectivity index (χ1v) is 9.21. The Balaban J connectivity index is 1.32. The number of carbonyl (C=O) groups is 1. The first-order valence-electron chi connectivity index (χ1n) is 8.23. The van der Waals surface area contributed by atoms with E-state index in [9.17, 15) is 4.79 Å². The molecule has 1 fully saturated rings. The monoisotopic (exact) mass is 354 g/mol. The minimum Gasteiger partial charge on any atom is -0.372 e. The maximum atomic E-state index is 12.1. The number of anilines is 2. The summed E-state index contributed by atoms with van der Waals surface area (Å²) in [7, 11) is 0. The molecule has 2 aromatic heterocycles. The Kier molecular flexibility index (Phi) is 4.51. The van der Waals surface area contributed by atoms with Gasteiger partial charge in [-0.25, -0.2) is 9.50 Å². The normalized spacial score (nSPS) is 14.2. The van der Waals surface area contributed by atoms with Crippen molar-refractivity contribution in [3.8, 4) is 0 Å². The van der Waals surface area contributed by atoms with Crippen molar-refractivity contribution in [2.45, 2.75) is 18.0 Å². The Morgan fingerprint density at radius 1 is 1.20 bits per heavy atom. The van der Waals surface area contributed by atoms with Crippen LogP contribution >= 0.6 is 11.8 Å². The first-order chi connectivity index (χ1) is 12.3. The molecule has 0 atom stereocenters. The zero-order chi connectivity index (χ0) is 17.1. The van der Waals surface area contributed by atoms with Crippen molar-refractivity contribution in [3.05, 3.63) is 42.7 Å². The van der Waals surface area contributed by atoms with Crippen molar-refractivity contribution >= 4 is 34.8 Å². The number of hydrogen-bond acceptors (Lipinski definition) is 6. The van der Waals surface area contributed by atoms with Gasteiger partial charge in [0.2, 0.25) is 11.1 Å². The number of benzene rings is 1. The maximum absolute atomic E-state index is 12.1. The highest BCUT2D eigenvalue weighted by atomic mass is 32.2. The molecule has 1 N–H and O–H groups in total. The van der Waals surface area contributed by atoms with E-state index in [1.165, 1.54) is 30.3 Å². The quantitative estimate of drug-likeness (QED) is 0.710. The Bertz CT molecular complexity index is 839. The second-order valence-electron chi connectivity index (χ2n) is 5.84. The number of rotatable bonds is 5. The molecular formula is C17H18N6OS. The fourth-order valence-electron chi connectivity index (χ4n) is 2.83.